The van der Waals surface area contributed by atoms with Crippen LogP contribution < -0.4 is 9.47 Å². The van der Waals surface area contributed by atoms with Crippen molar-refractivity contribution in [3.63, 3.8) is 0 Å². The third kappa shape index (κ3) is 4.42. The van der Waals surface area contributed by atoms with Gasteiger partial charge in [-0.3, -0.25) is 4.79 Å². The molecule has 0 heterocycles. The van der Waals surface area contributed by atoms with Gasteiger partial charge in [0.15, 0.2) is 0 Å². The van der Waals surface area contributed by atoms with Crippen LogP contribution in [0.25, 0.3) is 0 Å². The van der Waals surface area contributed by atoms with Crippen LogP contribution in [0.2, 0.25) is 0 Å². The van der Waals surface area contributed by atoms with Gasteiger partial charge in [0.25, 0.3) is 5.91 Å². The first-order valence-electron chi connectivity index (χ1n) is 8.59. The Morgan fingerprint density at radius 3 is 1.85 bits per heavy atom. The Bertz CT molecular complexity index is 938. The zero-order valence-electron chi connectivity index (χ0n) is 15.6. The van der Waals surface area contributed by atoms with Gasteiger partial charge in [-0.2, -0.15) is 0 Å². The van der Waals surface area contributed by atoms with Crippen molar-refractivity contribution >= 4 is 11.6 Å². The van der Waals surface area contributed by atoms with Crippen LogP contribution in [-0.2, 0) is 0 Å². The monoisotopic (exact) mass is 359 g/mol. The van der Waals surface area contributed by atoms with Gasteiger partial charge in [0.05, 0.1) is 19.9 Å². The molecule has 0 aliphatic carbocycles. The summed E-state index contributed by atoms with van der Waals surface area (Å²) in [5.74, 6) is 0.737. The summed E-state index contributed by atoms with van der Waals surface area (Å²) in [4.78, 5) is 17.3. The maximum Gasteiger partial charge on any atom is 0.277 e. The molecule has 1 amide bonds. The lowest BCUT2D eigenvalue weighted by molar-refractivity contribution is 0.100. The predicted octanol–water partition coefficient (Wildman–Crippen LogP) is 4.69. The Morgan fingerprint density at radius 2 is 1.30 bits per heavy atom. The first kappa shape index (κ1) is 18.4. The molecule has 3 rings (SSSR count). The Kier molecular flexibility index (Phi) is 5.67. The van der Waals surface area contributed by atoms with Gasteiger partial charge in [-0.1, -0.05) is 60.2 Å². The molecule has 0 unspecified atom stereocenters. The van der Waals surface area contributed by atoms with E-state index >= 15 is 0 Å². The quantitative estimate of drug-likeness (QED) is 0.621. The van der Waals surface area contributed by atoms with E-state index in [2.05, 4.69) is 4.99 Å². The highest BCUT2D eigenvalue weighted by Crippen LogP contribution is 2.23. The van der Waals surface area contributed by atoms with E-state index in [9.17, 15) is 4.79 Å². The molecule has 0 aliphatic rings. The highest BCUT2D eigenvalue weighted by Gasteiger charge is 2.13. The molecular formula is C23H21NO3. The minimum absolute atomic E-state index is 0.355. The van der Waals surface area contributed by atoms with E-state index in [-0.39, 0.29) is 5.91 Å². The maximum absolute atomic E-state index is 12.9. The molecule has 27 heavy (non-hydrogen) atoms. The molecule has 0 atom stereocenters. The van der Waals surface area contributed by atoms with Crippen LogP contribution in [0.3, 0.4) is 0 Å². The van der Waals surface area contributed by atoms with E-state index in [1.54, 1.807) is 32.4 Å². The molecule has 3 aromatic rings. The fourth-order valence-corrected chi connectivity index (χ4v) is 2.70. The first-order valence-corrected chi connectivity index (χ1v) is 8.59. The summed E-state index contributed by atoms with van der Waals surface area (Å²) in [5.41, 5.74) is 3.95. The number of rotatable bonds is 5. The van der Waals surface area contributed by atoms with Crippen molar-refractivity contribution in [1.29, 1.82) is 0 Å². The van der Waals surface area contributed by atoms with Gasteiger partial charge in [-0.05, 0) is 19.1 Å². The summed E-state index contributed by atoms with van der Waals surface area (Å²) in [5, 5.41) is 0. The highest BCUT2D eigenvalue weighted by molar-refractivity contribution is 6.18. The van der Waals surface area contributed by atoms with E-state index in [0.717, 1.165) is 16.7 Å². The molecule has 3 aromatic carbocycles. The van der Waals surface area contributed by atoms with Crippen LogP contribution in [0.5, 0.6) is 11.5 Å². The van der Waals surface area contributed by atoms with Gasteiger partial charge >= 0.3 is 0 Å². The van der Waals surface area contributed by atoms with Gasteiger partial charge in [0, 0.05) is 22.8 Å². The zero-order valence-corrected chi connectivity index (χ0v) is 15.6. The third-order valence-electron chi connectivity index (χ3n) is 4.18. The highest BCUT2D eigenvalue weighted by atomic mass is 16.5. The van der Waals surface area contributed by atoms with E-state index in [0.29, 0.717) is 22.8 Å². The van der Waals surface area contributed by atoms with Crippen LogP contribution in [0, 0.1) is 6.92 Å². The van der Waals surface area contributed by atoms with Crippen molar-refractivity contribution in [2.45, 2.75) is 6.92 Å². The Balaban J connectivity index is 2.08. The van der Waals surface area contributed by atoms with Crippen LogP contribution in [-0.4, -0.2) is 25.8 Å². The van der Waals surface area contributed by atoms with Crippen molar-refractivity contribution in [2.75, 3.05) is 14.2 Å². The number of hydrogen-bond donors (Lipinski definition) is 0. The number of aliphatic imine (C=N–C) groups is 1. The number of methoxy groups -OCH3 is 2. The number of ether oxygens (including phenoxy) is 2. The lowest BCUT2D eigenvalue weighted by atomic mass is 10.0. The topological polar surface area (TPSA) is 47.9 Å². The number of nitrogens with zero attached hydrogens (tertiary/aromatic N) is 1. The largest absolute Gasteiger partial charge is 0.497 e. The Labute approximate surface area is 159 Å². The fraction of sp³-hybridized carbons (Fsp3) is 0.130. The van der Waals surface area contributed by atoms with E-state index in [1.807, 2.05) is 61.5 Å². The molecular weight excluding hydrogens is 338 g/mol. The number of aryl methyl sites for hydroxylation is 1. The van der Waals surface area contributed by atoms with Crippen LogP contribution in [0.15, 0.2) is 77.8 Å². The number of carbonyl (C=O) groups excluding carboxylic acids is 1. The summed E-state index contributed by atoms with van der Waals surface area (Å²) in [6.45, 7) is 2.02. The van der Waals surface area contributed by atoms with Crippen molar-refractivity contribution in [1.82, 2.24) is 0 Å². The summed E-state index contributed by atoms with van der Waals surface area (Å²) < 4.78 is 10.5. The van der Waals surface area contributed by atoms with Crippen LogP contribution in [0.4, 0.5) is 0 Å². The van der Waals surface area contributed by atoms with E-state index in [4.69, 9.17) is 9.47 Å². The normalized spacial score (nSPS) is 11.1. The summed E-state index contributed by atoms with van der Waals surface area (Å²) in [6, 6.07) is 22.7. The molecule has 4 nitrogen and oxygen atoms in total. The van der Waals surface area contributed by atoms with Gasteiger partial charge in [-0.25, -0.2) is 4.99 Å². The molecule has 0 aliphatic heterocycles. The molecule has 0 aromatic heterocycles. The molecule has 0 fully saturated rings. The molecule has 136 valence electrons. The number of carbonyl (C=O) groups is 1. The van der Waals surface area contributed by atoms with Gasteiger partial charge in [0.2, 0.25) is 0 Å². The second kappa shape index (κ2) is 8.32. The molecule has 0 spiro atoms. The molecule has 0 bridgehead atoms. The summed E-state index contributed by atoms with van der Waals surface area (Å²) >= 11 is 0. The summed E-state index contributed by atoms with van der Waals surface area (Å²) in [7, 11) is 3.10. The third-order valence-corrected chi connectivity index (χ3v) is 4.18. The zero-order chi connectivity index (χ0) is 19.2. The number of hydrogen-bond acceptors (Lipinski definition) is 3. The predicted molar refractivity (Wildman–Crippen MR) is 107 cm³/mol. The molecule has 0 radical (unpaired) electrons. The Morgan fingerprint density at radius 1 is 0.741 bits per heavy atom. The van der Waals surface area contributed by atoms with E-state index in [1.165, 1.54) is 0 Å². The van der Waals surface area contributed by atoms with Gasteiger partial charge < -0.3 is 9.47 Å². The molecule has 0 saturated carbocycles. The fourth-order valence-electron chi connectivity index (χ4n) is 2.70. The first-order chi connectivity index (χ1) is 13.1. The average Bonchev–Trinajstić information content (AvgIpc) is 2.72. The van der Waals surface area contributed by atoms with Gasteiger partial charge in [-0.15, -0.1) is 0 Å². The van der Waals surface area contributed by atoms with Crippen molar-refractivity contribution in [3.8, 4) is 11.5 Å². The minimum Gasteiger partial charge on any atom is -0.497 e. The molecule has 0 saturated heterocycles. The minimum atomic E-state index is -0.355. The SMILES string of the molecule is COc1cc(OC)cc(C(=O)N=C(c2ccccc2)c2ccc(C)cc2)c1. The average molecular weight is 359 g/mol. The molecule has 4 heteroatoms. The lowest BCUT2D eigenvalue weighted by Crippen LogP contribution is -2.08. The smallest absolute Gasteiger partial charge is 0.277 e. The van der Waals surface area contributed by atoms with Crippen LogP contribution >= 0.6 is 0 Å². The lowest BCUT2D eigenvalue weighted by Gasteiger charge is -2.09. The standard InChI is InChI=1S/C23H21NO3/c1-16-9-11-18(12-10-16)22(17-7-5-4-6-8-17)24-23(25)19-13-20(26-2)15-21(14-19)27-3/h4-15H,1-3H3. The second-order valence-corrected chi connectivity index (χ2v) is 6.10. The van der Waals surface area contributed by atoms with Crippen molar-refractivity contribution in [2.24, 2.45) is 4.99 Å². The van der Waals surface area contributed by atoms with Crippen molar-refractivity contribution in [3.05, 3.63) is 95.1 Å². The van der Waals surface area contributed by atoms with E-state index < -0.39 is 0 Å². The molecule has 0 N–H and O–H groups in total. The summed E-state index contributed by atoms with van der Waals surface area (Å²) in [6.07, 6.45) is 0. The van der Waals surface area contributed by atoms with Crippen molar-refractivity contribution < 1.29 is 14.3 Å². The number of benzene rings is 3. The maximum atomic E-state index is 12.9. The second-order valence-electron chi connectivity index (χ2n) is 6.10. The van der Waals surface area contributed by atoms with Gasteiger partial charge in [0.1, 0.15) is 11.5 Å². The Hall–Kier alpha value is -3.40. The van der Waals surface area contributed by atoms with Crippen LogP contribution in [0.1, 0.15) is 27.0 Å². The number of amides is 1.